The number of carbonyl (C=O) groups is 1. The monoisotopic (exact) mass is 272 g/mol. The first-order valence-electron chi connectivity index (χ1n) is 6.91. The number of methoxy groups -OCH3 is 1. The number of likely N-dealkylation sites (N-methyl/N-ethyl adjacent to an activating group) is 2. The van der Waals surface area contributed by atoms with Crippen LogP contribution in [0.4, 0.5) is 0 Å². The maximum absolute atomic E-state index is 11.5. The van der Waals surface area contributed by atoms with Crippen LogP contribution in [0.2, 0.25) is 0 Å². The fraction of sp³-hybridized carbons (Fsp3) is 0.923. The summed E-state index contributed by atoms with van der Waals surface area (Å²) in [4.78, 5) is 18.5. The highest BCUT2D eigenvalue weighted by atomic mass is 16.5. The van der Waals surface area contributed by atoms with Gasteiger partial charge in [-0.15, -0.1) is 0 Å². The van der Waals surface area contributed by atoms with Gasteiger partial charge < -0.3 is 15.0 Å². The smallest absolute Gasteiger partial charge is 0.324 e. The molecular weight excluding hydrogens is 244 g/mol. The van der Waals surface area contributed by atoms with E-state index in [4.69, 9.17) is 4.74 Å². The largest absolute Gasteiger partial charge is 0.468 e. The first-order chi connectivity index (χ1) is 9.06. The molecule has 1 unspecified atom stereocenters. The molecule has 0 aromatic rings. The van der Waals surface area contributed by atoms with E-state index in [0.29, 0.717) is 0 Å². The molecule has 0 spiro atoms. The van der Waals surface area contributed by atoms with Crippen LogP contribution in [-0.2, 0) is 9.53 Å². The quantitative estimate of drug-likeness (QED) is 0.595. The van der Waals surface area contributed by atoms with Gasteiger partial charge in [0.25, 0.3) is 0 Å². The van der Waals surface area contributed by atoms with Crippen LogP contribution in [0.5, 0.6) is 0 Å². The van der Waals surface area contributed by atoms with Crippen LogP contribution in [-0.4, -0.2) is 101 Å². The zero-order valence-corrected chi connectivity index (χ0v) is 12.7. The van der Waals surface area contributed by atoms with Crippen molar-refractivity contribution in [3.8, 4) is 0 Å². The van der Waals surface area contributed by atoms with Crippen molar-refractivity contribution in [2.24, 2.45) is 0 Å². The van der Waals surface area contributed by atoms with Crippen molar-refractivity contribution in [3.63, 3.8) is 0 Å². The molecule has 19 heavy (non-hydrogen) atoms. The van der Waals surface area contributed by atoms with Crippen molar-refractivity contribution in [1.82, 2.24) is 20.0 Å². The van der Waals surface area contributed by atoms with Crippen molar-refractivity contribution >= 4 is 5.97 Å². The molecule has 1 N–H and O–H groups in total. The molecule has 1 atom stereocenters. The lowest BCUT2D eigenvalue weighted by atomic mass is 10.2. The fourth-order valence-corrected chi connectivity index (χ4v) is 2.22. The van der Waals surface area contributed by atoms with Gasteiger partial charge in [-0.3, -0.25) is 14.6 Å². The van der Waals surface area contributed by atoms with E-state index in [1.165, 1.54) is 7.11 Å². The third kappa shape index (κ3) is 5.86. The molecule has 1 heterocycles. The molecule has 1 aliphatic heterocycles. The minimum atomic E-state index is -0.224. The van der Waals surface area contributed by atoms with Crippen molar-refractivity contribution in [2.45, 2.75) is 6.04 Å². The minimum absolute atomic E-state index is 0.183. The standard InChI is InChI=1S/C13H28N4O2/c1-14-12(13(18)19-4)11-17-9-7-16(8-10-17)6-5-15(2)3/h12,14H,5-11H2,1-4H3. The molecule has 1 aliphatic rings. The molecule has 0 bridgehead atoms. The van der Waals surface area contributed by atoms with Crippen molar-refractivity contribution in [2.75, 3.05) is 74.1 Å². The van der Waals surface area contributed by atoms with Crippen LogP contribution in [0.15, 0.2) is 0 Å². The summed E-state index contributed by atoms with van der Waals surface area (Å²) in [6.07, 6.45) is 0. The molecule has 6 nitrogen and oxygen atoms in total. The van der Waals surface area contributed by atoms with Gasteiger partial charge in [0, 0.05) is 45.8 Å². The Labute approximate surface area is 116 Å². The number of nitrogens with zero attached hydrogens (tertiary/aromatic N) is 3. The summed E-state index contributed by atoms with van der Waals surface area (Å²) >= 11 is 0. The van der Waals surface area contributed by atoms with E-state index < -0.39 is 0 Å². The third-order valence-electron chi connectivity index (χ3n) is 3.60. The van der Waals surface area contributed by atoms with E-state index in [1.54, 1.807) is 7.05 Å². The lowest BCUT2D eigenvalue weighted by Gasteiger charge is -2.36. The summed E-state index contributed by atoms with van der Waals surface area (Å²) in [5.41, 5.74) is 0. The lowest BCUT2D eigenvalue weighted by Crippen LogP contribution is -2.53. The number of piperazine rings is 1. The highest BCUT2D eigenvalue weighted by Gasteiger charge is 2.23. The van der Waals surface area contributed by atoms with Gasteiger partial charge in [0.05, 0.1) is 7.11 Å². The third-order valence-corrected chi connectivity index (χ3v) is 3.60. The van der Waals surface area contributed by atoms with Gasteiger partial charge in [-0.1, -0.05) is 0 Å². The summed E-state index contributed by atoms with van der Waals surface area (Å²) in [5.74, 6) is -0.183. The second kappa shape index (κ2) is 8.47. The zero-order valence-electron chi connectivity index (χ0n) is 12.7. The second-order valence-electron chi connectivity index (χ2n) is 5.31. The number of ether oxygens (including phenoxy) is 1. The zero-order chi connectivity index (χ0) is 14.3. The van der Waals surface area contributed by atoms with E-state index >= 15 is 0 Å². The Kier molecular flexibility index (Phi) is 7.30. The lowest BCUT2D eigenvalue weighted by molar-refractivity contribution is -0.143. The highest BCUT2D eigenvalue weighted by Crippen LogP contribution is 2.03. The first kappa shape index (κ1) is 16.4. The van der Waals surface area contributed by atoms with Crippen molar-refractivity contribution < 1.29 is 9.53 Å². The van der Waals surface area contributed by atoms with E-state index in [-0.39, 0.29) is 12.0 Å². The van der Waals surface area contributed by atoms with Gasteiger partial charge in [-0.2, -0.15) is 0 Å². The topological polar surface area (TPSA) is 48.0 Å². The van der Waals surface area contributed by atoms with Gasteiger partial charge in [0.15, 0.2) is 0 Å². The Balaban J connectivity index is 2.27. The van der Waals surface area contributed by atoms with Crippen LogP contribution in [0.25, 0.3) is 0 Å². The summed E-state index contributed by atoms with van der Waals surface area (Å²) in [6, 6.07) is -0.224. The molecular formula is C13H28N4O2. The maximum atomic E-state index is 11.5. The second-order valence-corrected chi connectivity index (χ2v) is 5.31. The van der Waals surface area contributed by atoms with E-state index in [2.05, 4.69) is 34.1 Å². The van der Waals surface area contributed by atoms with Crippen LogP contribution in [0, 0.1) is 0 Å². The van der Waals surface area contributed by atoms with Gasteiger partial charge in [0.1, 0.15) is 6.04 Å². The Hall–Kier alpha value is -0.690. The minimum Gasteiger partial charge on any atom is -0.468 e. The van der Waals surface area contributed by atoms with Gasteiger partial charge in [0.2, 0.25) is 0 Å². The van der Waals surface area contributed by atoms with Crippen LogP contribution >= 0.6 is 0 Å². The molecule has 6 heteroatoms. The van der Waals surface area contributed by atoms with Gasteiger partial charge in [-0.05, 0) is 21.1 Å². The summed E-state index contributed by atoms with van der Waals surface area (Å²) < 4.78 is 4.79. The Morgan fingerprint density at radius 3 is 2.32 bits per heavy atom. The molecule has 1 rings (SSSR count). The predicted octanol–water partition coefficient (Wildman–Crippen LogP) is -1.07. The molecule has 0 aromatic carbocycles. The summed E-state index contributed by atoms with van der Waals surface area (Å²) in [7, 11) is 7.44. The molecule has 1 saturated heterocycles. The molecule has 112 valence electrons. The first-order valence-corrected chi connectivity index (χ1v) is 6.91. The molecule has 0 saturated carbocycles. The predicted molar refractivity (Wildman–Crippen MR) is 76.3 cm³/mol. The maximum Gasteiger partial charge on any atom is 0.324 e. The molecule has 0 amide bonds. The normalized spacial score (nSPS) is 19.6. The number of hydrogen-bond donors (Lipinski definition) is 1. The van der Waals surface area contributed by atoms with E-state index in [9.17, 15) is 4.79 Å². The Morgan fingerprint density at radius 1 is 1.26 bits per heavy atom. The van der Waals surface area contributed by atoms with Gasteiger partial charge >= 0.3 is 5.97 Å². The summed E-state index contributed by atoms with van der Waals surface area (Å²) in [5, 5.41) is 3.01. The van der Waals surface area contributed by atoms with Crippen LogP contribution < -0.4 is 5.32 Å². The van der Waals surface area contributed by atoms with Crippen molar-refractivity contribution in [3.05, 3.63) is 0 Å². The fourth-order valence-electron chi connectivity index (χ4n) is 2.22. The average Bonchev–Trinajstić information content (AvgIpc) is 2.42. The molecule has 0 aliphatic carbocycles. The molecule has 0 aromatic heterocycles. The summed E-state index contributed by atoms with van der Waals surface area (Å²) in [6.45, 7) is 7.13. The molecule has 1 fully saturated rings. The van der Waals surface area contributed by atoms with E-state index in [1.807, 2.05) is 0 Å². The number of hydrogen-bond acceptors (Lipinski definition) is 6. The Morgan fingerprint density at radius 2 is 1.84 bits per heavy atom. The van der Waals surface area contributed by atoms with Gasteiger partial charge in [-0.25, -0.2) is 0 Å². The van der Waals surface area contributed by atoms with Crippen LogP contribution in [0.1, 0.15) is 0 Å². The number of esters is 1. The molecule has 0 radical (unpaired) electrons. The highest BCUT2D eigenvalue weighted by molar-refractivity contribution is 5.75. The SMILES string of the molecule is CNC(CN1CCN(CCN(C)C)CC1)C(=O)OC. The number of carbonyl (C=O) groups excluding carboxylic acids is 1. The van der Waals surface area contributed by atoms with Crippen molar-refractivity contribution in [1.29, 1.82) is 0 Å². The van der Waals surface area contributed by atoms with E-state index in [0.717, 1.165) is 45.8 Å². The van der Waals surface area contributed by atoms with Crippen LogP contribution in [0.3, 0.4) is 0 Å². The number of rotatable bonds is 7. The Bertz CT molecular complexity index is 265. The number of nitrogens with one attached hydrogen (secondary N) is 1. The average molecular weight is 272 g/mol.